The van der Waals surface area contributed by atoms with Crippen LogP contribution in [0.4, 0.5) is 0 Å². The van der Waals surface area contributed by atoms with E-state index < -0.39 is 6.04 Å². The van der Waals surface area contributed by atoms with Crippen molar-refractivity contribution in [3.05, 3.63) is 106 Å². The number of carbonyl (C=O) groups is 2. The average Bonchev–Trinajstić information content (AvgIpc) is 2.76. The van der Waals surface area contributed by atoms with Crippen molar-refractivity contribution >= 4 is 23.4 Å². The molecular weight excluding hydrogens is 444 g/mol. The van der Waals surface area contributed by atoms with Gasteiger partial charge in [0.15, 0.2) is 0 Å². The summed E-state index contributed by atoms with van der Waals surface area (Å²) in [6.45, 7) is 8.15. The van der Waals surface area contributed by atoms with Gasteiger partial charge in [0.1, 0.15) is 6.04 Å². The molecular formula is C29H33ClN2O2. The summed E-state index contributed by atoms with van der Waals surface area (Å²) in [6, 6.07) is 22.7. The lowest BCUT2D eigenvalue weighted by Crippen LogP contribution is -2.52. The topological polar surface area (TPSA) is 49.4 Å². The number of aryl methyl sites for hydroxylation is 2. The van der Waals surface area contributed by atoms with Gasteiger partial charge in [-0.25, -0.2) is 0 Å². The van der Waals surface area contributed by atoms with Crippen LogP contribution in [-0.4, -0.2) is 28.8 Å². The van der Waals surface area contributed by atoms with E-state index in [0.717, 1.165) is 27.8 Å². The molecule has 3 aromatic carbocycles. The Morgan fingerprint density at radius 3 is 2.12 bits per heavy atom. The second-order valence-corrected chi connectivity index (χ2v) is 9.56. The second-order valence-electron chi connectivity index (χ2n) is 9.15. The van der Waals surface area contributed by atoms with E-state index in [2.05, 4.69) is 11.4 Å². The van der Waals surface area contributed by atoms with Crippen molar-refractivity contribution in [1.82, 2.24) is 10.2 Å². The SMILES string of the molecule is Cc1cc(C)cc(CC(=O)N(Cc2ccccc2Cl)C(Cc2ccccc2)C(=O)NC(C)C)c1. The maximum Gasteiger partial charge on any atom is 0.243 e. The van der Waals surface area contributed by atoms with E-state index in [1.165, 1.54) is 0 Å². The highest BCUT2D eigenvalue weighted by molar-refractivity contribution is 6.31. The fraction of sp³-hybridized carbons (Fsp3) is 0.310. The van der Waals surface area contributed by atoms with E-state index in [1.54, 1.807) is 4.90 Å². The second kappa shape index (κ2) is 11.8. The third kappa shape index (κ3) is 7.19. The van der Waals surface area contributed by atoms with Gasteiger partial charge in [-0.05, 0) is 50.5 Å². The maximum atomic E-state index is 13.8. The first-order valence-electron chi connectivity index (χ1n) is 11.7. The van der Waals surface area contributed by atoms with Gasteiger partial charge in [0.05, 0.1) is 6.42 Å². The van der Waals surface area contributed by atoms with Gasteiger partial charge < -0.3 is 10.2 Å². The molecule has 178 valence electrons. The van der Waals surface area contributed by atoms with Crippen molar-refractivity contribution in [2.45, 2.75) is 59.2 Å². The van der Waals surface area contributed by atoms with Crippen molar-refractivity contribution in [1.29, 1.82) is 0 Å². The predicted molar refractivity (Wildman–Crippen MR) is 139 cm³/mol. The number of hydrogen-bond acceptors (Lipinski definition) is 2. The third-order valence-electron chi connectivity index (χ3n) is 5.64. The van der Waals surface area contributed by atoms with E-state index >= 15 is 0 Å². The van der Waals surface area contributed by atoms with Crippen LogP contribution < -0.4 is 5.32 Å². The number of rotatable bonds is 9. The van der Waals surface area contributed by atoms with E-state index in [-0.39, 0.29) is 30.8 Å². The number of halogens is 1. The molecule has 0 aliphatic carbocycles. The van der Waals surface area contributed by atoms with Gasteiger partial charge in [-0.2, -0.15) is 0 Å². The first kappa shape index (κ1) is 25.5. The zero-order valence-corrected chi connectivity index (χ0v) is 21.1. The molecule has 0 heterocycles. The molecule has 0 bridgehead atoms. The molecule has 0 aliphatic heterocycles. The van der Waals surface area contributed by atoms with Crippen LogP contribution in [0.2, 0.25) is 5.02 Å². The lowest BCUT2D eigenvalue weighted by molar-refractivity contribution is -0.141. The fourth-order valence-corrected chi connectivity index (χ4v) is 4.39. The van der Waals surface area contributed by atoms with Gasteiger partial charge in [0.25, 0.3) is 0 Å². The van der Waals surface area contributed by atoms with Crippen LogP contribution in [0.3, 0.4) is 0 Å². The average molecular weight is 477 g/mol. The Morgan fingerprint density at radius 2 is 1.50 bits per heavy atom. The van der Waals surface area contributed by atoms with Crippen LogP contribution in [0.25, 0.3) is 0 Å². The maximum absolute atomic E-state index is 13.8. The highest BCUT2D eigenvalue weighted by Crippen LogP contribution is 2.22. The van der Waals surface area contributed by atoms with Gasteiger partial charge in [-0.3, -0.25) is 9.59 Å². The molecule has 4 nitrogen and oxygen atoms in total. The van der Waals surface area contributed by atoms with Crippen molar-refractivity contribution in [3.63, 3.8) is 0 Å². The molecule has 0 spiro atoms. The number of amides is 2. The van der Waals surface area contributed by atoms with Crippen LogP contribution in [0, 0.1) is 13.8 Å². The molecule has 0 aromatic heterocycles. The van der Waals surface area contributed by atoms with E-state index in [4.69, 9.17) is 11.6 Å². The van der Waals surface area contributed by atoms with Gasteiger partial charge in [0.2, 0.25) is 11.8 Å². The molecule has 0 radical (unpaired) electrons. The minimum absolute atomic E-state index is 0.0394. The van der Waals surface area contributed by atoms with Gasteiger partial charge >= 0.3 is 0 Å². The van der Waals surface area contributed by atoms with Gasteiger partial charge in [-0.15, -0.1) is 0 Å². The Bertz CT molecular complexity index is 1110. The zero-order valence-electron chi connectivity index (χ0n) is 20.3. The Kier molecular flexibility index (Phi) is 8.89. The van der Waals surface area contributed by atoms with Crippen molar-refractivity contribution in [3.8, 4) is 0 Å². The number of hydrogen-bond donors (Lipinski definition) is 1. The van der Waals surface area contributed by atoms with Crippen LogP contribution >= 0.6 is 11.6 Å². The lowest BCUT2D eigenvalue weighted by atomic mass is 10.00. The highest BCUT2D eigenvalue weighted by Gasteiger charge is 2.31. The molecule has 0 aliphatic rings. The normalized spacial score (nSPS) is 11.8. The highest BCUT2D eigenvalue weighted by atomic mass is 35.5. The predicted octanol–water partition coefficient (Wildman–Crippen LogP) is 5.66. The molecule has 2 amide bonds. The molecule has 0 saturated heterocycles. The molecule has 3 aromatic rings. The van der Waals surface area contributed by atoms with Crippen LogP contribution in [0.5, 0.6) is 0 Å². The first-order valence-corrected chi connectivity index (χ1v) is 12.0. The molecule has 0 fully saturated rings. The summed E-state index contributed by atoms with van der Waals surface area (Å²) in [5.74, 6) is -0.274. The van der Waals surface area contributed by atoms with Gasteiger partial charge in [-0.1, -0.05) is 89.5 Å². The smallest absolute Gasteiger partial charge is 0.243 e. The monoisotopic (exact) mass is 476 g/mol. The van der Waals surface area contributed by atoms with E-state index in [0.29, 0.717) is 11.4 Å². The Morgan fingerprint density at radius 1 is 0.882 bits per heavy atom. The summed E-state index contributed by atoms with van der Waals surface area (Å²) >= 11 is 6.47. The quantitative estimate of drug-likeness (QED) is 0.433. The number of benzene rings is 3. The summed E-state index contributed by atoms with van der Waals surface area (Å²) in [5.41, 5.74) is 4.97. The third-order valence-corrected chi connectivity index (χ3v) is 6.01. The zero-order chi connectivity index (χ0) is 24.7. The standard InChI is InChI=1S/C29H33ClN2O2/c1-20(2)31-29(34)27(17-23-10-6-5-7-11-23)32(19-25-12-8-9-13-26(25)30)28(33)18-24-15-21(3)14-22(4)16-24/h5-16,20,27H,17-19H2,1-4H3,(H,31,34). The summed E-state index contributed by atoms with van der Waals surface area (Å²) in [5, 5.41) is 3.59. The minimum Gasteiger partial charge on any atom is -0.352 e. The van der Waals surface area contributed by atoms with Gasteiger partial charge in [0, 0.05) is 24.0 Å². The van der Waals surface area contributed by atoms with Crippen LogP contribution in [0.15, 0.2) is 72.8 Å². The molecule has 1 N–H and O–H groups in total. The molecule has 3 rings (SSSR count). The Balaban J connectivity index is 2.00. The Hall–Kier alpha value is -3.11. The largest absolute Gasteiger partial charge is 0.352 e. The fourth-order valence-electron chi connectivity index (χ4n) is 4.19. The van der Waals surface area contributed by atoms with E-state index in [9.17, 15) is 9.59 Å². The van der Waals surface area contributed by atoms with Crippen molar-refractivity contribution in [2.75, 3.05) is 0 Å². The van der Waals surface area contributed by atoms with Crippen molar-refractivity contribution < 1.29 is 9.59 Å². The summed E-state index contributed by atoms with van der Waals surface area (Å²) in [6.07, 6.45) is 0.635. The number of nitrogens with one attached hydrogen (secondary N) is 1. The molecule has 0 saturated carbocycles. The first-order chi connectivity index (χ1) is 16.2. The van der Waals surface area contributed by atoms with Crippen LogP contribution in [-0.2, 0) is 29.0 Å². The van der Waals surface area contributed by atoms with Crippen molar-refractivity contribution in [2.24, 2.45) is 0 Å². The molecule has 5 heteroatoms. The number of nitrogens with zero attached hydrogens (tertiary/aromatic N) is 1. The molecule has 34 heavy (non-hydrogen) atoms. The summed E-state index contributed by atoms with van der Waals surface area (Å²) < 4.78 is 0. The van der Waals surface area contributed by atoms with Crippen LogP contribution in [0.1, 0.15) is 41.7 Å². The summed E-state index contributed by atoms with van der Waals surface area (Å²) in [7, 11) is 0. The lowest BCUT2D eigenvalue weighted by Gasteiger charge is -2.32. The Labute approximate surface area is 207 Å². The summed E-state index contributed by atoms with van der Waals surface area (Å²) in [4.78, 5) is 28.9. The van der Waals surface area contributed by atoms with E-state index in [1.807, 2.05) is 94.4 Å². The minimum atomic E-state index is -0.667. The molecule has 1 atom stereocenters. The number of carbonyl (C=O) groups excluding carboxylic acids is 2. The molecule has 1 unspecified atom stereocenters.